The van der Waals surface area contributed by atoms with E-state index in [4.69, 9.17) is 9.47 Å². The Balaban J connectivity index is 0.00000182. The summed E-state index contributed by atoms with van der Waals surface area (Å²) in [5.41, 5.74) is 3.73. The minimum absolute atomic E-state index is 0. The van der Waals surface area contributed by atoms with Gasteiger partial charge in [-0.3, -0.25) is 10.1 Å². The average molecular weight is 357 g/mol. The number of fused-ring (bicyclic) bond motifs is 2. The monoisotopic (exact) mass is 356 g/mol. The van der Waals surface area contributed by atoms with E-state index in [-0.39, 0.29) is 12.4 Å². The Morgan fingerprint density at radius 3 is 2.60 bits per heavy atom. The highest BCUT2D eigenvalue weighted by molar-refractivity contribution is 5.95. The van der Waals surface area contributed by atoms with Crippen LogP contribution in [0.25, 0.3) is 21.8 Å². The predicted molar refractivity (Wildman–Crippen MR) is 101 cm³/mol. The van der Waals surface area contributed by atoms with Gasteiger partial charge in [0.05, 0.1) is 31.4 Å². The normalized spacial score (nSPS) is 10.5. The first-order chi connectivity index (χ1) is 11.8. The number of nitrogens with zero attached hydrogens (tertiary/aromatic N) is 2. The van der Waals surface area contributed by atoms with Crippen LogP contribution in [0.1, 0.15) is 0 Å². The number of hydrogen-bond acceptors (Lipinski definition) is 5. The molecular weight excluding hydrogens is 340 g/mol. The molecule has 0 radical (unpaired) electrons. The molecule has 2 aromatic carbocycles. The maximum Gasteiger partial charge on any atom is 0.162 e. The summed E-state index contributed by atoms with van der Waals surface area (Å²) < 4.78 is 10.7. The van der Waals surface area contributed by atoms with Crippen LogP contribution in [0.2, 0.25) is 0 Å². The smallest absolute Gasteiger partial charge is 0.162 e. The Morgan fingerprint density at radius 1 is 1.00 bits per heavy atom. The molecule has 0 unspecified atom stereocenters. The van der Waals surface area contributed by atoms with Gasteiger partial charge in [-0.15, -0.1) is 12.4 Å². The fourth-order valence-corrected chi connectivity index (χ4v) is 2.75. The number of hydrogen-bond donors (Lipinski definition) is 2. The summed E-state index contributed by atoms with van der Waals surface area (Å²) in [4.78, 5) is 4.42. The minimum atomic E-state index is 0. The first kappa shape index (κ1) is 16.9. The van der Waals surface area contributed by atoms with Crippen molar-refractivity contribution in [3.63, 3.8) is 0 Å². The van der Waals surface area contributed by atoms with Crippen molar-refractivity contribution in [3.8, 4) is 11.5 Å². The number of benzene rings is 2. The lowest BCUT2D eigenvalue weighted by Crippen LogP contribution is -1.95. The minimum Gasteiger partial charge on any atom is -0.493 e. The van der Waals surface area contributed by atoms with Crippen LogP contribution in [0, 0.1) is 0 Å². The Labute approximate surface area is 150 Å². The SMILES string of the molecule is COc1cc2nccc(Nc3ccc4cn[nH]c4c3)c2cc1OC.Cl. The standard InChI is InChI=1S/C18H16N4O2.ClH/c1-23-17-8-13-14(5-6-19-16(13)9-18(17)24-2)21-12-4-3-11-10-20-22-15(11)7-12;/h3-10H,1-2H3,(H,19,21)(H,20,22);1H. The quantitative estimate of drug-likeness (QED) is 0.570. The highest BCUT2D eigenvalue weighted by atomic mass is 35.5. The number of anilines is 2. The number of aromatic amines is 1. The number of H-pyrrole nitrogens is 1. The molecule has 0 saturated carbocycles. The van der Waals surface area contributed by atoms with Gasteiger partial charge in [-0.2, -0.15) is 5.10 Å². The van der Waals surface area contributed by atoms with Crippen molar-refractivity contribution in [2.75, 3.05) is 19.5 Å². The van der Waals surface area contributed by atoms with Crippen LogP contribution in [-0.4, -0.2) is 29.4 Å². The lowest BCUT2D eigenvalue weighted by atomic mass is 10.1. The largest absolute Gasteiger partial charge is 0.493 e. The van der Waals surface area contributed by atoms with Crippen molar-refractivity contribution in [2.45, 2.75) is 0 Å². The van der Waals surface area contributed by atoms with E-state index < -0.39 is 0 Å². The highest BCUT2D eigenvalue weighted by Gasteiger charge is 2.10. The van der Waals surface area contributed by atoms with E-state index in [9.17, 15) is 0 Å². The maximum atomic E-state index is 5.40. The summed E-state index contributed by atoms with van der Waals surface area (Å²) >= 11 is 0. The lowest BCUT2D eigenvalue weighted by Gasteiger charge is -2.13. The van der Waals surface area contributed by atoms with Gasteiger partial charge in [0.15, 0.2) is 11.5 Å². The van der Waals surface area contributed by atoms with Crippen molar-refractivity contribution < 1.29 is 9.47 Å². The predicted octanol–water partition coefficient (Wildman–Crippen LogP) is 4.29. The molecule has 0 aliphatic carbocycles. The van der Waals surface area contributed by atoms with Crippen LogP contribution >= 0.6 is 12.4 Å². The molecule has 128 valence electrons. The number of ether oxygens (including phenoxy) is 2. The van der Waals surface area contributed by atoms with Gasteiger partial charge in [-0.05, 0) is 30.3 Å². The average Bonchev–Trinajstić information content (AvgIpc) is 3.08. The fraction of sp³-hybridized carbons (Fsp3) is 0.111. The molecule has 7 heteroatoms. The fourth-order valence-electron chi connectivity index (χ4n) is 2.75. The summed E-state index contributed by atoms with van der Waals surface area (Å²) in [5, 5.41) is 12.5. The molecule has 2 heterocycles. The Bertz CT molecular complexity index is 1030. The van der Waals surface area contributed by atoms with E-state index >= 15 is 0 Å². The molecule has 6 nitrogen and oxygen atoms in total. The summed E-state index contributed by atoms with van der Waals surface area (Å²) in [5.74, 6) is 1.33. The summed E-state index contributed by atoms with van der Waals surface area (Å²) in [6.07, 6.45) is 3.57. The van der Waals surface area contributed by atoms with E-state index in [2.05, 4.69) is 20.5 Å². The van der Waals surface area contributed by atoms with Gasteiger partial charge < -0.3 is 14.8 Å². The molecule has 0 aliphatic heterocycles. The topological polar surface area (TPSA) is 72.1 Å². The zero-order valence-electron chi connectivity index (χ0n) is 13.7. The lowest BCUT2D eigenvalue weighted by molar-refractivity contribution is 0.356. The summed E-state index contributed by atoms with van der Waals surface area (Å²) in [7, 11) is 3.24. The van der Waals surface area contributed by atoms with E-state index in [1.807, 2.05) is 36.4 Å². The van der Waals surface area contributed by atoms with Crippen LogP contribution in [0.15, 0.2) is 48.8 Å². The third kappa shape index (κ3) is 3.04. The summed E-state index contributed by atoms with van der Waals surface area (Å²) in [6, 6.07) is 11.8. The molecular formula is C18H17ClN4O2. The Morgan fingerprint density at radius 2 is 1.80 bits per heavy atom. The third-order valence-corrected chi connectivity index (χ3v) is 3.97. The second-order valence-electron chi connectivity index (χ2n) is 5.38. The third-order valence-electron chi connectivity index (χ3n) is 3.97. The molecule has 0 fully saturated rings. The van der Waals surface area contributed by atoms with Crippen LogP contribution in [0.3, 0.4) is 0 Å². The van der Waals surface area contributed by atoms with Crippen LogP contribution in [0.5, 0.6) is 11.5 Å². The Kier molecular flexibility index (Phi) is 4.63. The molecule has 0 spiro atoms. The molecule has 2 aromatic heterocycles. The molecule has 25 heavy (non-hydrogen) atoms. The van der Waals surface area contributed by atoms with E-state index in [0.717, 1.165) is 33.2 Å². The zero-order chi connectivity index (χ0) is 16.5. The van der Waals surface area contributed by atoms with E-state index in [1.54, 1.807) is 26.6 Å². The van der Waals surface area contributed by atoms with Gasteiger partial charge in [0, 0.05) is 34.4 Å². The number of halogens is 1. The van der Waals surface area contributed by atoms with Gasteiger partial charge in [0.2, 0.25) is 0 Å². The molecule has 2 N–H and O–H groups in total. The number of pyridine rings is 1. The molecule has 0 aliphatic rings. The number of aromatic nitrogens is 3. The van der Waals surface area contributed by atoms with E-state index in [0.29, 0.717) is 11.5 Å². The molecule has 0 bridgehead atoms. The second kappa shape index (κ2) is 6.86. The first-order valence-corrected chi connectivity index (χ1v) is 7.49. The van der Waals surface area contributed by atoms with Crippen molar-refractivity contribution in [1.29, 1.82) is 0 Å². The summed E-state index contributed by atoms with van der Waals surface area (Å²) in [6.45, 7) is 0. The van der Waals surface area contributed by atoms with Crippen molar-refractivity contribution in [1.82, 2.24) is 15.2 Å². The number of methoxy groups -OCH3 is 2. The van der Waals surface area contributed by atoms with E-state index in [1.165, 1.54) is 0 Å². The van der Waals surface area contributed by atoms with Crippen LogP contribution in [0.4, 0.5) is 11.4 Å². The zero-order valence-corrected chi connectivity index (χ0v) is 14.6. The van der Waals surface area contributed by atoms with Crippen LogP contribution < -0.4 is 14.8 Å². The van der Waals surface area contributed by atoms with Crippen LogP contribution in [-0.2, 0) is 0 Å². The number of nitrogens with one attached hydrogen (secondary N) is 2. The van der Waals surface area contributed by atoms with Crippen molar-refractivity contribution in [2.24, 2.45) is 0 Å². The molecule has 4 rings (SSSR count). The van der Waals surface area contributed by atoms with Gasteiger partial charge in [-0.1, -0.05) is 0 Å². The van der Waals surface area contributed by atoms with Crippen molar-refractivity contribution >= 4 is 45.6 Å². The highest BCUT2D eigenvalue weighted by Crippen LogP contribution is 2.35. The van der Waals surface area contributed by atoms with Gasteiger partial charge >= 0.3 is 0 Å². The maximum absolute atomic E-state index is 5.40. The van der Waals surface area contributed by atoms with Gasteiger partial charge in [-0.25, -0.2) is 0 Å². The number of rotatable bonds is 4. The molecule has 0 saturated heterocycles. The van der Waals surface area contributed by atoms with Crippen molar-refractivity contribution in [3.05, 3.63) is 48.8 Å². The molecule has 0 atom stereocenters. The second-order valence-corrected chi connectivity index (χ2v) is 5.38. The van der Waals surface area contributed by atoms with Gasteiger partial charge in [0.1, 0.15) is 0 Å². The Hall–Kier alpha value is -2.99. The molecule has 0 amide bonds. The first-order valence-electron chi connectivity index (χ1n) is 7.49. The van der Waals surface area contributed by atoms with Gasteiger partial charge in [0.25, 0.3) is 0 Å². The molecule has 4 aromatic rings.